The van der Waals surface area contributed by atoms with Gasteiger partial charge in [0, 0.05) is 6.20 Å². The molecule has 3 heteroatoms. The van der Waals surface area contributed by atoms with Crippen molar-refractivity contribution in [2.45, 2.75) is 33.8 Å². The van der Waals surface area contributed by atoms with E-state index in [1.807, 2.05) is 52.0 Å². The fraction of sp³-hybridized carbons (Fsp3) is 0.294. The molecule has 0 saturated heterocycles. The Kier molecular flexibility index (Phi) is 4.18. The summed E-state index contributed by atoms with van der Waals surface area (Å²) in [5, 5.41) is 0. The Morgan fingerprint density at radius 3 is 2.55 bits per heavy atom. The molecule has 0 fully saturated rings. The van der Waals surface area contributed by atoms with Crippen LogP contribution in [-0.2, 0) is 0 Å². The molecule has 0 unspecified atom stereocenters. The van der Waals surface area contributed by atoms with E-state index in [9.17, 15) is 4.79 Å². The van der Waals surface area contributed by atoms with Crippen LogP contribution in [0.25, 0.3) is 0 Å². The number of hydrogen-bond acceptors (Lipinski definition) is 3. The summed E-state index contributed by atoms with van der Waals surface area (Å²) in [4.78, 5) is 16.9. The Balaban J connectivity index is 2.43. The van der Waals surface area contributed by atoms with Crippen molar-refractivity contribution in [3.05, 3.63) is 58.9 Å². The van der Waals surface area contributed by atoms with Gasteiger partial charge in [0.25, 0.3) is 0 Å². The number of aromatic nitrogens is 1. The third-order valence-corrected chi connectivity index (χ3v) is 2.92. The number of hydrogen-bond donors (Lipinski definition) is 0. The van der Waals surface area contributed by atoms with Crippen LogP contribution in [-0.4, -0.2) is 16.9 Å². The predicted molar refractivity (Wildman–Crippen MR) is 79.3 cm³/mol. The number of carbonyl (C=O) groups is 1. The number of aryl methyl sites for hydroxylation is 2. The number of nitrogens with zero attached hydrogens (tertiary/aromatic N) is 1. The average molecular weight is 269 g/mol. The lowest BCUT2D eigenvalue weighted by Gasteiger charge is -2.14. The van der Waals surface area contributed by atoms with Crippen molar-refractivity contribution in [1.29, 1.82) is 0 Å². The van der Waals surface area contributed by atoms with Crippen LogP contribution in [0.5, 0.6) is 5.75 Å². The SMILES string of the molecule is Cc1cnc(C(=O)c2ccccc2OC(C)C)c(C)c1. The number of ether oxygens (including phenoxy) is 1. The van der Waals surface area contributed by atoms with Crippen LogP contribution in [0.15, 0.2) is 36.5 Å². The summed E-state index contributed by atoms with van der Waals surface area (Å²) in [5.74, 6) is 0.507. The van der Waals surface area contributed by atoms with E-state index in [2.05, 4.69) is 4.98 Å². The number of rotatable bonds is 4. The highest BCUT2D eigenvalue weighted by Gasteiger charge is 2.18. The molecule has 2 rings (SSSR count). The molecular formula is C17H19NO2. The minimum atomic E-state index is -0.0984. The summed E-state index contributed by atoms with van der Waals surface area (Å²) in [6, 6.07) is 9.26. The lowest BCUT2D eigenvalue weighted by atomic mass is 10.0. The summed E-state index contributed by atoms with van der Waals surface area (Å²) in [6.07, 6.45) is 1.74. The number of pyridine rings is 1. The summed E-state index contributed by atoms with van der Waals surface area (Å²) >= 11 is 0. The van der Waals surface area contributed by atoms with Crippen LogP contribution >= 0.6 is 0 Å². The quantitative estimate of drug-likeness (QED) is 0.794. The molecule has 0 spiro atoms. The largest absolute Gasteiger partial charge is 0.490 e. The van der Waals surface area contributed by atoms with Gasteiger partial charge in [0.05, 0.1) is 11.7 Å². The molecule has 1 aromatic heterocycles. The minimum absolute atomic E-state index is 0.0241. The molecule has 20 heavy (non-hydrogen) atoms. The molecular weight excluding hydrogens is 250 g/mol. The maximum Gasteiger partial charge on any atom is 0.215 e. The van der Waals surface area contributed by atoms with Crippen molar-refractivity contribution in [2.75, 3.05) is 0 Å². The second kappa shape index (κ2) is 5.87. The van der Waals surface area contributed by atoms with Crippen molar-refractivity contribution in [1.82, 2.24) is 4.98 Å². The van der Waals surface area contributed by atoms with E-state index < -0.39 is 0 Å². The monoisotopic (exact) mass is 269 g/mol. The van der Waals surface area contributed by atoms with Gasteiger partial charge in [0.2, 0.25) is 5.78 Å². The summed E-state index contributed by atoms with van der Waals surface area (Å²) in [5.41, 5.74) is 2.97. The maximum absolute atomic E-state index is 12.6. The number of para-hydroxylation sites is 1. The molecule has 1 heterocycles. The van der Waals surface area contributed by atoms with Crippen LogP contribution in [0.2, 0.25) is 0 Å². The molecule has 2 aromatic rings. The van der Waals surface area contributed by atoms with Gasteiger partial charge >= 0.3 is 0 Å². The third-order valence-electron chi connectivity index (χ3n) is 2.92. The first kappa shape index (κ1) is 14.3. The molecule has 0 aliphatic heterocycles. The van der Waals surface area contributed by atoms with Crippen molar-refractivity contribution in [3.63, 3.8) is 0 Å². The van der Waals surface area contributed by atoms with E-state index in [1.54, 1.807) is 12.3 Å². The van der Waals surface area contributed by atoms with Gasteiger partial charge in [0.15, 0.2) is 0 Å². The molecule has 3 nitrogen and oxygen atoms in total. The Labute approximate surface area is 119 Å². The first-order chi connectivity index (χ1) is 9.49. The molecule has 0 atom stereocenters. The number of carbonyl (C=O) groups excluding carboxylic acids is 1. The van der Waals surface area contributed by atoms with Crippen molar-refractivity contribution < 1.29 is 9.53 Å². The number of benzene rings is 1. The van der Waals surface area contributed by atoms with Crippen molar-refractivity contribution >= 4 is 5.78 Å². The van der Waals surface area contributed by atoms with Crippen molar-refractivity contribution in [3.8, 4) is 5.75 Å². The van der Waals surface area contributed by atoms with Crippen LogP contribution in [0.1, 0.15) is 41.0 Å². The van der Waals surface area contributed by atoms with Gasteiger partial charge in [-0.15, -0.1) is 0 Å². The lowest BCUT2D eigenvalue weighted by molar-refractivity contribution is 0.102. The smallest absolute Gasteiger partial charge is 0.215 e. The van der Waals surface area contributed by atoms with Gasteiger partial charge < -0.3 is 4.74 Å². The third kappa shape index (κ3) is 3.05. The zero-order valence-corrected chi connectivity index (χ0v) is 12.3. The van der Waals surface area contributed by atoms with Gasteiger partial charge in [0.1, 0.15) is 11.4 Å². The van der Waals surface area contributed by atoms with Gasteiger partial charge in [-0.05, 0) is 51.0 Å². The minimum Gasteiger partial charge on any atom is -0.490 e. The second-order valence-electron chi connectivity index (χ2n) is 5.17. The highest BCUT2D eigenvalue weighted by molar-refractivity contribution is 6.10. The zero-order chi connectivity index (χ0) is 14.7. The normalized spacial score (nSPS) is 10.7. The topological polar surface area (TPSA) is 39.2 Å². The van der Waals surface area contributed by atoms with E-state index in [1.165, 1.54) is 0 Å². The Morgan fingerprint density at radius 1 is 1.20 bits per heavy atom. The highest BCUT2D eigenvalue weighted by Crippen LogP contribution is 2.23. The van der Waals surface area contributed by atoms with Gasteiger partial charge in [-0.3, -0.25) is 9.78 Å². The van der Waals surface area contributed by atoms with E-state index >= 15 is 0 Å². The molecule has 0 aliphatic carbocycles. The molecule has 0 radical (unpaired) electrons. The second-order valence-corrected chi connectivity index (χ2v) is 5.17. The average Bonchev–Trinajstić information content (AvgIpc) is 2.38. The highest BCUT2D eigenvalue weighted by atomic mass is 16.5. The van der Waals surface area contributed by atoms with Gasteiger partial charge in [-0.25, -0.2) is 0 Å². The first-order valence-electron chi connectivity index (χ1n) is 6.72. The standard InChI is InChI=1S/C17H19NO2/c1-11(2)20-15-8-6-5-7-14(15)17(19)16-13(4)9-12(3)10-18-16/h5-11H,1-4H3. The number of ketones is 1. The van der Waals surface area contributed by atoms with E-state index in [0.29, 0.717) is 17.0 Å². The van der Waals surface area contributed by atoms with Crippen LogP contribution in [0.4, 0.5) is 0 Å². The van der Waals surface area contributed by atoms with E-state index in [4.69, 9.17) is 4.74 Å². The van der Waals surface area contributed by atoms with E-state index in [0.717, 1.165) is 11.1 Å². The molecule has 0 amide bonds. The fourth-order valence-corrected chi connectivity index (χ4v) is 2.09. The lowest BCUT2D eigenvalue weighted by Crippen LogP contribution is -2.12. The van der Waals surface area contributed by atoms with Crippen LogP contribution in [0.3, 0.4) is 0 Å². The Morgan fingerprint density at radius 2 is 1.90 bits per heavy atom. The molecule has 104 valence electrons. The first-order valence-corrected chi connectivity index (χ1v) is 6.72. The molecule has 1 aromatic carbocycles. The molecule has 0 N–H and O–H groups in total. The van der Waals surface area contributed by atoms with Crippen LogP contribution in [0, 0.1) is 13.8 Å². The van der Waals surface area contributed by atoms with E-state index in [-0.39, 0.29) is 11.9 Å². The molecule has 0 aliphatic rings. The van der Waals surface area contributed by atoms with Gasteiger partial charge in [-0.2, -0.15) is 0 Å². The van der Waals surface area contributed by atoms with Crippen molar-refractivity contribution in [2.24, 2.45) is 0 Å². The molecule has 0 bridgehead atoms. The van der Waals surface area contributed by atoms with Gasteiger partial charge in [-0.1, -0.05) is 18.2 Å². The summed E-state index contributed by atoms with van der Waals surface area (Å²) in [6.45, 7) is 7.75. The fourth-order valence-electron chi connectivity index (χ4n) is 2.09. The summed E-state index contributed by atoms with van der Waals surface area (Å²) < 4.78 is 5.70. The zero-order valence-electron chi connectivity index (χ0n) is 12.3. The predicted octanol–water partition coefficient (Wildman–Crippen LogP) is 3.72. The van der Waals surface area contributed by atoms with Crippen LogP contribution < -0.4 is 4.74 Å². The molecule has 0 saturated carbocycles. The summed E-state index contributed by atoms with van der Waals surface area (Å²) in [7, 11) is 0. The maximum atomic E-state index is 12.6. The Hall–Kier alpha value is -2.16. The Bertz CT molecular complexity index is 633.